The number of methoxy groups -OCH3 is 1. The van der Waals surface area contributed by atoms with Gasteiger partial charge in [-0.15, -0.1) is 0 Å². The summed E-state index contributed by atoms with van der Waals surface area (Å²) in [5.74, 6) is 0.853. The van der Waals surface area contributed by atoms with Crippen LogP contribution in [0.15, 0.2) is 18.2 Å². The van der Waals surface area contributed by atoms with Crippen LogP contribution in [0.5, 0.6) is 5.75 Å². The number of sulfone groups is 1. The summed E-state index contributed by atoms with van der Waals surface area (Å²) in [7, 11) is -1.44. The molecule has 0 saturated heterocycles. The highest BCUT2D eigenvalue weighted by molar-refractivity contribution is 7.91. The van der Waals surface area contributed by atoms with E-state index in [0.29, 0.717) is 10.8 Å². The third kappa shape index (κ3) is 4.38. The maximum atomic E-state index is 11.5. The van der Waals surface area contributed by atoms with Crippen molar-refractivity contribution in [1.29, 1.82) is 0 Å². The normalized spacial score (nSPS) is 13.1. The Kier molecular flexibility index (Phi) is 5.28. The van der Waals surface area contributed by atoms with Crippen LogP contribution in [0.1, 0.15) is 13.8 Å². The van der Waals surface area contributed by atoms with Crippen LogP contribution in [0, 0.1) is 0 Å². The second-order valence-electron chi connectivity index (χ2n) is 4.09. The third-order valence-corrected chi connectivity index (χ3v) is 4.69. The Hall–Kier alpha value is -0.940. The van der Waals surface area contributed by atoms with Gasteiger partial charge in [-0.2, -0.15) is 0 Å². The third-order valence-electron chi connectivity index (χ3n) is 2.51. The van der Waals surface area contributed by atoms with E-state index in [4.69, 9.17) is 16.3 Å². The highest BCUT2D eigenvalue weighted by atomic mass is 35.5. The largest absolute Gasteiger partial charge is 0.495 e. The molecule has 0 spiro atoms. The van der Waals surface area contributed by atoms with Gasteiger partial charge < -0.3 is 10.1 Å². The van der Waals surface area contributed by atoms with E-state index in [0.717, 1.165) is 5.69 Å². The van der Waals surface area contributed by atoms with Crippen LogP contribution in [0.25, 0.3) is 0 Å². The first kappa shape index (κ1) is 15.1. The second kappa shape index (κ2) is 6.29. The number of nitrogens with one attached hydrogen (secondary N) is 1. The topological polar surface area (TPSA) is 55.4 Å². The summed E-state index contributed by atoms with van der Waals surface area (Å²) < 4.78 is 28.0. The smallest absolute Gasteiger partial charge is 0.152 e. The zero-order valence-corrected chi connectivity index (χ0v) is 12.3. The van der Waals surface area contributed by atoms with Gasteiger partial charge >= 0.3 is 0 Å². The van der Waals surface area contributed by atoms with Crippen LogP contribution in [0.4, 0.5) is 5.69 Å². The average molecular weight is 292 g/mol. The van der Waals surface area contributed by atoms with Crippen molar-refractivity contribution in [3.63, 3.8) is 0 Å². The van der Waals surface area contributed by atoms with Crippen LogP contribution in [-0.2, 0) is 9.84 Å². The fourth-order valence-corrected chi connectivity index (χ4v) is 2.92. The van der Waals surface area contributed by atoms with Crippen molar-refractivity contribution in [1.82, 2.24) is 0 Å². The molecule has 0 radical (unpaired) electrons. The quantitative estimate of drug-likeness (QED) is 0.875. The maximum absolute atomic E-state index is 11.5. The molecule has 1 rings (SSSR count). The lowest BCUT2D eigenvalue weighted by Gasteiger charge is -2.15. The van der Waals surface area contributed by atoms with Gasteiger partial charge in [-0.05, 0) is 25.1 Å². The summed E-state index contributed by atoms with van der Waals surface area (Å²) in [6.07, 6.45) is 0. The van der Waals surface area contributed by atoms with Crippen molar-refractivity contribution < 1.29 is 13.2 Å². The van der Waals surface area contributed by atoms with E-state index < -0.39 is 9.84 Å². The minimum absolute atomic E-state index is 0.104. The number of halogens is 1. The van der Waals surface area contributed by atoms with Crippen LogP contribution in [-0.4, -0.2) is 33.1 Å². The van der Waals surface area contributed by atoms with E-state index in [9.17, 15) is 8.42 Å². The van der Waals surface area contributed by atoms with Gasteiger partial charge in [0.1, 0.15) is 5.75 Å². The first-order valence-corrected chi connectivity index (χ1v) is 7.88. The van der Waals surface area contributed by atoms with Gasteiger partial charge in [0, 0.05) is 17.5 Å². The number of hydrogen-bond donors (Lipinski definition) is 1. The molecule has 0 heterocycles. The van der Waals surface area contributed by atoms with Crippen molar-refractivity contribution in [2.75, 3.05) is 23.9 Å². The van der Waals surface area contributed by atoms with E-state index in [-0.39, 0.29) is 17.5 Å². The number of benzene rings is 1. The maximum Gasteiger partial charge on any atom is 0.152 e. The fraction of sp³-hybridized carbons (Fsp3) is 0.500. The molecular weight excluding hydrogens is 274 g/mol. The lowest BCUT2D eigenvalue weighted by molar-refractivity contribution is 0.415. The molecular formula is C12H18ClNO3S. The molecule has 1 N–H and O–H groups in total. The van der Waals surface area contributed by atoms with E-state index in [2.05, 4.69) is 5.32 Å². The highest BCUT2D eigenvalue weighted by Crippen LogP contribution is 2.27. The summed E-state index contributed by atoms with van der Waals surface area (Å²) >= 11 is 5.99. The van der Waals surface area contributed by atoms with Gasteiger partial charge in [0.2, 0.25) is 0 Å². The summed E-state index contributed by atoms with van der Waals surface area (Å²) in [6, 6.07) is 5.10. The van der Waals surface area contributed by atoms with Crippen LogP contribution >= 0.6 is 11.6 Å². The van der Waals surface area contributed by atoms with Gasteiger partial charge in [0.05, 0.1) is 17.9 Å². The molecule has 102 valence electrons. The Morgan fingerprint density at radius 1 is 1.44 bits per heavy atom. The molecule has 1 aromatic carbocycles. The molecule has 0 aliphatic rings. The van der Waals surface area contributed by atoms with Gasteiger partial charge in [-0.3, -0.25) is 0 Å². The first-order valence-electron chi connectivity index (χ1n) is 5.68. The predicted octanol–water partition coefficient (Wildman–Crippen LogP) is 2.58. The van der Waals surface area contributed by atoms with E-state index >= 15 is 0 Å². The van der Waals surface area contributed by atoms with Gasteiger partial charge in [-0.1, -0.05) is 18.5 Å². The number of anilines is 1. The van der Waals surface area contributed by atoms with Crippen molar-refractivity contribution in [3.05, 3.63) is 23.2 Å². The molecule has 0 bridgehead atoms. The molecule has 18 heavy (non-hydrogen) atoms. The highest BCUT2D eigenvalue weighted by Gasteiger charge is 2.13. The summed E-state index contributed by atoms with van der Waals surface area (Å²) in [6.45, 7) is 3.47. The molecule has 0 aliphatic carbocycles. The fourth-order valence-electron chi connectivity index (χ4n) is 1.58. The summed E-state index contributed by atoms with van der Waals surface area (Å²) in [5, 5.41) is 3.60. The molecule has 1 atom stereocenters. The minimum Gasteiger partial charge on any atom is -0.495 e. The van der Waals surface area contributed by atoms with Gasteiger partial charge in [0.15, 0.2) is 9.84 Å². The van der Waals surface area contributed by atoms with Crippen LogP contribution < -0.4 is 10.1 Å². The monoisotopic (exact) mass is 291 g/mol. The van der Waals surface area contributed by atoms with Crippen molar-refractivity contribution in [2.45, 2.75) is 19.9 Å². The van der Waals surface area contributed by atoms with Gasteiger partial charge in [-0.25, -0.2) is 8.42 Å². The van der Waals surface area contributed by atoms with Crippen molar-refractivity contribution in [2.24, 2.45) is 0 Å². The molecule has 0 amide bonds. The Morgan fingerprint density at radius 2 is 2.11 bits per heavy atom. The minimum atomic E-state index is -2.98. The zero-order valence-electron chi connectivity index (χ0n) is 10.7. The van der Waals surface area contributed by atoms with Crippen LogP contribution in [0.2, 0.25) is 5.02 Å². The molecule has 6 heteroatoms. The standard InChI is InChI=1S/C12H18ClNO3S/c1-4-18(15,16)8-9(2)14-10-5-6-12(17-3)11(13)7-10/h5-7,9,14H,4,8H2,1-3H3. The molecule has 0 fully saturated rings. The predicted molar refractivity (Wildman–Crippen MR) is 75.4 cm³/mol. The Balaban J connectivity index is 2.71. The lowest BCUT2D eigenvalue weighted by Crippen LogP contribution is -2.26. The molecule has 4 nitrogen and oxygen atoms in total. The first-order chi connectivity index (χ1) is 8.38. The Bertz CT molecular complexity index is 502. The zero-order chi connectivity index (χ0) is 13.8. The van der Waals surface area contributed by atoms with Crippen molar-refractivity contribution in [3.8, 4) is 5.75 Å². The SMILES string of the molecule is CCS(=O)(=O)CC(C)Nc1ccc(OC)c(Cl)c1. The molecule has 0 saturated carbocycles. The second-order valence-corrected chi connectivity index (χ2v) is 6.90. The van der Waals surface area contributed by atoms with E-state index in [1.54, 1.807) is 32.2 Å². The number of ether oxygens (including phenoxy) is 1. The summed E-state index contributed by atoms with van der Waals surface area (Å²) in [5.41, 5.74) is 0.777. The summed E-state index contributed by atoms with van der Waals surface area (Å²) in [4.78, 5) is 0. The van der Waals surface area contributed by atoms with Gasteiger partial charge in [0.25, 0.3) is 0 Å². The lowest BCUT2D eigenvalue weighted by atomic mass is 10.2. The molecule has 0 aromatic heterocycles. The molecule has 1 unspecified atom stereocenters. The van der Waals surface area contributed by atoms with E-state index in [1.165, 1.54) is 0 Å². The number of rotatable bonds is 6. The Labute approximate surface area is 113 Å². The molecule has 0 aliphatic heterocycles. The van der Waals surface area contributed by atoms with Crippen LogP contribution in [0.3, 0.4) is 0 Å². The average Bonchev–Trinajstić information content (AvgIpc) is 2.28. The number of hydrogen-bond acceptors (Lipinski definition) is 4. The van der Waals surface area contributed by atoms with E-state index in [1.807, 2.05) is 6.92 Å². The van der Waals surface area contributed by atoms with Crippen molar-refractivity contribution >= 4 is 27.1 Å². The Morgan fingerprint density at radius 3 is 2.61 bits per heavy atom. The molecule has 1 aromatic rings.